The average Bonchev–Trinajstić information content (AvgIpc) is 3.02. The number of fused-ring (bicyclic) bond motifs is 1. The second-order valence-electron chi connectivity index (χ2n) is 5.93. The minimum atomic E-state index is -0.599. The van der Waals surface area contributed by atoms with Crippen LogP contribution in [0.4, 0.5) is 5.82 Å². The van der Waals surface area contributed by atoms with E-state index in [9.17, 15) is 14.9 Å². The van der Waals surface area contributed by atoms with Gasteiger partial charge in [0.2, 0.25) is 0 Å². The van der Waals surface area contributed by atoms with Crippen molar-refractivity contribution in [3.05, 3.63) is 56.2 Å². The van der Waals surface area contributed by atoms with Crippen LogP contribution in [0.15, 0.2) is 33.9 Å². The average molecular weight is 326 g/mol. The lowest BCUT2D eigenvalue weighted by Gasteiger charge is -2.23. The first kappa shape index (κ1) is 15.9. The number of anilines is 1. The Bertz CT molecular complexity index is 952. The number of hydrogen-bond acceptors (Lipinski definition) is 5. The molecule has 124 valence electrons. The lowest BCUT2D eigenvalue weighted by atomic mass is 9.94. The van der Waals surface area contributed by atoms with E-state index < -0.39 is 11.2 Å². The Morgan fingerprint density at radius 2 is 2.00 bits per heavy atom. The van der Waals surface area contributed by atoms with E-state index in [0.717, 1.165) is 15.9 Å². The third-order valence-corrected chi connectivity index (χ3v) is 4.48. The maximum Gasteiger partial charge on any atom is 0.332 e. The SMILES string of the molecule is C[C@H](Nc1c(C#N)c(=O)n(C)c(=O)n1C)[C@H]1COc2ccccc21. The van der Waals surface area contributed by atoms with Crippen molar-refractivity contribution in [3.63, 3.8) is 0 Å². The molecule has 2 atom stereocenters. The predicted octanol–water partition coefficient (Wildman–Crippen LogP) is 0.932. The molecule has 0 fully saturated rings. The molecule has 2 heterocycles. The van der Waals surface area contributed by atoms with Gasteiger partial charge < -0.3 is 10.1 Å². The summed E-state index contributed by atoms with van der Waals surface area (Å²) in [7, 11) is 2.90. The fourth-order valence-corrected chi connectivity index (χ4v) is 3.03. The van der Waals surface area contributed by atoms with Gasteiger partial charge in [0.05, 0.1) is 6.61 Å². The Labute approximate surface area is 138 Å². The van der Waals surface area contributed by atoms with Gasteiger partial charge in [-0.15, -0.1) is 0 Å². The standard InChI is InChI=1S/C17H18N4O3/c1-10(13-9-24-14-7-5-4-6-11(13)14)19-15-12(8-18)16(22)21(3)17(23)20(15)2/h4-7,10,13,19H,9H2,1-3H3/t10-,13+/m0/s1. The number of nitrogens with zero attached hydrogens (tertiary/aromatic N) is 3. The Kier molecular flexibility index (Phi) is 3.89. The molecule has 0 saturated heterocycles. The molecule has 0 radical (unpaired) electrons. The van der Waals surface area contributed by atoms with Crippen LogP contribution in [-0.2, 0) is 14.1 Å². The van der Waals surface area contributed by atoms with Crippen molar-refractivity contribution in [1.82, 2.24) is 9.13 Å². The Morgan fingerprint density at radius 3 is 2.71 bits per heavy atom. The van der Waals surface area contributed by atoms with Gasteiger partial charge in [0.15, 0.2) is 5.56 Å². The monoisotopic (exact) mass is 326 g/mol. The molecule has 0 amide bonds. The summed E-state index contributed by atoms with van der Waals surface area (Å²) in [4.78, 5) is 24.3. The van der Waals surface area contributed by atoms with Gasteiger partial charge in [0, 0.05) is 31.6 Å². The first-order valence-electron chi connectivity index (χ1n) is 7.64. The Balaban J connectivity index is 2.00. The van der Waals surface area contributed by atoms with Crippen LogP contribution in [-0.4, -0.2) is 21.8 Å². The lowest BCUT2D eigenvalue weighted by Crippen LogP contribution is -2.41. The number of nitriles is 1. The van der Waals surface area contributed by atoms with Crippen LogP contribution in [0.1, 0.15) is 24.0 Å². The number of hydrogen-bond donors (Lipinski definition) is 1. The molecule has 3 rings (SSSR count). The summed E-state index contributed by atoms with van der Waals surface area (Å²) < 4.78 is 7.91. The highest BCUT2D eigenvalue weighted by molar-refractivity contribution is 5.53. The molecule has 0 aliphatic carbocycles. The summed E-state index contributed by atoms with van der Waals surface area (Å²) in [5, 5.41) is 12.5. The molecule has 0 spiro atoms. The van der Waals surface area contributed by atoms with Gasteiger partial charge in [0.1, 0.15) is 17.6 Å². The van der Waals surface area contributed by atoms with E-state index >= 15 is 0 Å². The molecule has 1 N–H and O–H groups in total. The van der Waals surface area contributed by atoms with Crippen LogP contribution in [0.2, 0.25) is 0 Å². The smallest absolute Gasteiger partial charge is 0.332 e. The highest BCUT2D eigenvalue weighted by Crippen LogP contribution is 2.36. The minimum absolute atomic E-state index is 0.0619. The van der Waals surface area contributed by atoms with Gasteiger partial charge in [-0.05, 0) is 13.0 Å². The molecular weight excluding hydrogens is 308 g/mol. The van der Waals surface area contributed by atoms with Crippen molar-refractivity contribution >= 4 is 5.82 Å². The quantitative estimate of drug-likeness (QED) is 0.906. The first-order chi connectivity index (χ1) is 11.5. The van der Waals surface area contributed by atoms with Gasteiger partial charge in [-0.1, -0.05) is 18.2 Å². The normalized spacial score (nSPS) is 16.8. The summed E-state index contributed by atoms with van der Waals surface area (Å²) in [6, 6.07) is 9.55. The van der Waals surface area contributed by atoms with Crippen LogP contribution in [0.5, 0.6) is 5.75 Å². The summed E-state index contributed by atoms with van der Waals surface area (Å²) in [6.07, 6.45) is 0. The van der Waals surface area contributed by atoms with E-state index in [0.29, 0.717) is 6.61 Å². The highest BCUT2D eigenvalue weighted by Gasteiger charge is 2.30. The van der Waals surface area contributed by atoms with Gasteiger partial charge in [-0.25, -0.2) is 4.79 Å². The summed E-state index contributed by atoms with van der Waals surface area (Å²) in [5.74, 6) is 1.14. The van der Waals surface area contributed by atoms with E-state index in [1.807, 2.05) is 37.3 Å². The number of aromatic nitrogens is 2. The van der Waals surface area contributed by atoms with Crippen molar-refractivity contribution in [2.24, 2.45) is 14.1 Å². The molecule has 0 bridgehead atoms. The van der Waals surface area contributed by atoms with Gasteiger partial charge >= 0.3 is 5.69 Å². The molecular formula is C17H18N4O3. The van der Waals surface area contributed by atoms with Gasteiger partial charge in [0.25, 0.3) is 5.56 Å². The number of benzene rings is 1. The number of para-hydroxylation sites is 1. The van der Waals surface area contributed by atoms with Crippen molar-refractivity contribution in [2.75, 3.05) is 11.9 Å². The summed E-state index contributed by atoms with van der Waals surface area (Å²) >= 11 is 0. The van der Waals surface area contributed by atoms with E-state index in [4.69, 9.17) is 4.74 Å². The van der Waals surface area contributed by atoms with Crippen LogP contribution < -0.4 is 21.3 Å². The fraction of sp³-hybridized carbons (Fsp3) is 0.353. The zero-order chi connectivity index (χ0) is 17.4. The molecule has 2 aromatic rings. The predicted molar refractivity (Wildman–Crippen MR) is 89.4 cm³/mol. The van der Waals surface area contributed by atoms with Crippen LogP contribution >= 0.6 is 0 Å². The highest BCUT2D eigenvalue weighted by atomic mass is 16.5. The minimum Gasteiger partial charge on any atom is -0.493 e. The summed E-state index contributed by atoms with van der Waals surface area (Å²) in [5.41, 5.74) is -0.0707. The van der Waals surface area contributed by atoms with Crippen LogP contribution in [0, 0.1) is 11.3 Å². The number of nitrogens with one attached hydrogen (secondary N) is 1. The zero-order valence-corrected chi connectivity index (χ0v) is 13.7. The van der Waals surface area contributed by atoms with Crippen molar-refractivity contribution < 1.29 is 4.74 Å². The van der Waals surface area contributed by atoms with Crippen LogP contribution in [0.25, 0.3) is 0 Å². The zero-order valence-electron chi connectivity index (χ0n) is 13.7. The Morgan fingerprint density at radius 1 is 1.29 bits per heavy atom. The van der Waals surface area contributed by atoms with E-state index in [1.54, 1.807) is 0 Å². The molecule has 24 heavy (non-hydrogen) atoms. The van der Waals surface area contributed by atoms with Crippen molar-refractivity contribution in [2.45, 2.75) is 18.9 Å². The third kappa shape index (κ3) is 2.36. The topological polar surface area (TPSA) is 89.0 Å². The van der Waals surface area contributed by atoms with Crippen molar-refractivity contribution in [1.29, 1.82) is 5.26 Å². The summed E-state index contributed by atoms with van der Waals surface area (Å²) in [6.45, 7) is 2.45. The Hall–Kier alpha value is -3.01. The molecule has 1 aromatic carbocycles. The van der Waals surface area contributed by atoms with E-state index in [-0.39, 0.29) is 23.3 Å². The maximum absolute atomic E-state index is 12.2. The fourth-order valence-electron chi connectivity index (χ4n) is 3.03. The van der Waals surface area contributed by atoms with Gasteiger partial charge in [-0.2, -0.15) is 5.26 Å². The second kappa shape index (κ2) is 5.89. The molecule has 1 aromatic heterocycles. The van der Waals surface area contributed by atoms with E-state index in [1.165, 1.54) is 18.7 Å². The van der Waals surface area contributed by atoms with Gasteiger partial charge in [-0.3, -0.25) is 13.9 Å². The largest absolute Gasteiger partial charge is 0.493 e. The van der Waals surface area contributed by atoms with Crippen LogP contribution in [0.3, 0.4) is 0 Å². The molecule has 7 heteroatoms. The molecule has 1 aliphatic rings. The molecule has 0 unspecified atom stereocenters. The molecule has 0 saturated carbocycles. The molecule has 1 aliphatic heterocycles. The number of rotatable bonds is 3. The molecule has 7 nitrogen and oxygen atoms in total. The third-order valence-electron chi connectivity index (χ3n) is 4.48. The maximum atomic E-state index is 12.2. The lowest BCUT2D eigenvalue weighted by molar-refractivity contribution is 0.321. The first-order valence-corrected chi connectivity index (χ1v) is 7.64. The van der Waals surface area contributed by atoms with E-state index in [2.05, 4.69) is 5.32 Å². The van der Waals surface area contributed by atoms with Crippen molar-refractivity contribution in [3.8, 4) is 11.8 Å². The second-order valence-corrected chi connectivity index (χ2v) is 5.93. The number of ether oxygens (including phenoxy) is 1.